The highest BCUT2D eigenvalue weighted by molar-refractivity contribution is 7.21. The highest BCUT2D eigenvalue weighted by atomic mass is 32.1. The molecule has 0 aliphatic heterocycles. The highest BCUT2D eigenvalue weighted by Crippen LogP contribution is 2.35. The summed E-state index contributed by atoms with van der Waals surface area (Å²) in [6, 6.07) is 16.6. The predicted molar refractivity (Wildman–Crippen MR) is 108 cm³/mol. The van der Waals surface area contributed by atoms with Crippen molar-refractivity contribution in [2.75, 3.05) is 5.43 Å². The molecular formula is C19H16N4S2. The number of aromatic nitrogens is 2. The van der Waals surface area contributed by atoms with Crippen molar-refractivity contribution in [1.82, 2.24) is 9.97 Å². The van der Waals surface area contributed by atoms with E-state index in [1.54, 1.807) is 22.7 Å². The average molecular weight is 364 g/mol. The molecule has 4 rings (SSSR count). The topological polar surface area (TPSA) is 50.2 Å². The normalized spacial score (nSPS) is 11.4. The lowest BCUT2D eigenvalue weighted by molar-refractivity contribution is 1.09. The van der Waals surface area contributed by atoms with Crippen LogP contribution in [0.25, 0.3) is 20.7 Å². The van der Waals surface area contributed by atoms with Crippen molar-refractivity contribution >= 4 is 44.9 Å². The standard InChI is InChI=1S/C19H16N4S2/c1-12-8-9-15(24-12)11-20-23-18-16-10-17(14-6-4-3-5-7-14)25-19(16)22-13(2)21-18/h3-11H,1-2H3,(H,21,22,23)/b20-11-. The Bertz CT molecular complexity index is 1050. The van der Waals surface area contributed by atoms with E-state index in [-0.39, 0.29) is 0 Å². The SMILES string of the molecule is Cc1nc(N/N=C\c2ccc(C)s2)c2cc(-c3ccccc3)sc2n1. The summed E-state index contributed by atoms with van der Waals surface area (Å²) in [6.45, 7) is 3.99. The number of rotatable bonds is 4. The number of thiophene rings is 2. The van der Waals surface area contributed by atoms with E-state index in [0.717, 1.165) is 26.7 Å². The monoisotopic (exact) mass is 364 g/mol. The Hall–Kier alpha value is -2.57. The zero-order chi connectivity index (χ0) is 17.2. The van der Waals surface area contributed by atoms with Crippen molar-refractivity contribution in [2.24, 2.45) is 5.10 Å². The molecule has 3 aromatic heterocycles. The molecule has 4 nitrogen and oxygen atoms in total. The van der Waals surface area contributed by atoms with Crippen LogP contribution in [-0.2, 0) is 0 Å². The van der Waals surface area contributed by atoms with E-state index < -0.39 is 0 Å². The maximum atomic E-state index is 4.57. The molecule has 0 atom stereocenters. The van der Waals surface area contributed by atoms with Crippen molar-refractivity contribution < 1.29 is 0 Å². The Balaban J connectivity index is 1.68. The summed E-state index contributed by atoms with van der Waals surface area (Å²) >= 11 is 3.38. The lowest BCUT2D eigenvalue weighted by Gasteiger charge is -2.01. The summed E-state index contributed by atoms with van der Waals surface area (Å²) in [5, 5.41) is 5.34. The first-order valence-corrected chi connectivity index (χ1v) is 9.51. The van der Waals surface area contributed by atoms with Gasteiger partial charge in [0.05, 0.1) is 11.6 Å². The third-order valence-electron chi connectivity index (χ3n) is 3.69. The van der Waals surface area contributed by atoms with Gasteiger partial charge in [-0.1, -0.05) is 30.3 Å². The number of anilines is 1. The third-order valence-corrected chi connectivity index (χ3v) is 5.70. The van der Waals surface area contributed by atoms with E-state index in [9.17, 15) is 0 Å². The molecule has 1 aromatic carbocycles. The molecule has 0 saturated heterocycles. The van der Waals surface area contributed by atoms with Crippen molar-refractivity contribution in [2.45, 2.75) is 13.8 Å². The van der Waals surface area contributed by atoms with E-state index in [4.69, 9.17) is 0 Å². The smallest absolute Gasteiger partial charge is 0.158 e. The van der Waals surface area contributed by atoms with Crippen molar-refractivity contribution in [1.29, 1.82) is 0 Å². The molecule has 3 heterocycles. The number of hydrazone groups is 1. The zero-order valence-electron chi connectivity index (χ0n) is 13.9. The number of hydrogen-bond acceptors (Lipinski definition) is 6. The summed E-state index contributed by atoms with van der Waals surface area (Å²) in [7, 11) is 0. The van der Waals surface area contributed by atoms with Gasteiger partial charge in [0.2, 0.25) is 0 Å². The van der Waals surface area contributed by atoms with E-state index in [1.807, 2.05) is 31.3 Å². The van der Waals surface area contributed by atoms with Gasteiger partial charge >= 0.3 is 0 Å². The average Bonchev–Trinajstić information content (AvgIpc) is 3.22. The number of nitrogens with zero attached hydrogens (tertiary/aromatic N) is 3. The van der Waals surface area contributed by atoms with Crippen LogP contribution in [0, 0.1) is 13.8 Å². The lowest BCUT2D eigenvalue weighted by Crippen LogP contribution is -1.97. The molecule has 0 fully saturated rings. The Labute approximate surface area is 153 Å². The largest absolute Gasteiger partial charge is 0.261 e. The summed E-state index contributed by atoms with van der Waals surface area (Å²) in [5.41, 5.74) is 4.27. The van der Waals surface area contributed by atoms with Gasteiger partial charge in [0, 0.05) is 14.6 Å². The minimum Gasteiger partial charge on any atom is -0.261 e. The third kappa shape index (κ3) is 3.45. The van der Waals surface area contributed by atoms with Gasteiger partial charge in [-0.05, 0) is 37.6 Å². The number of aryl methyl sites for hydroxylation is 2. The van der Waals surface area contributed by atoms with Gasteiger partial charge in [0.25, 0.3) is 0 Å². The quantitative estimate of drug-likeness (QED) is 0.385. The van der Waals surface area contributed by atoms with Crippen molar-refractivity contribution in [3.8, 4) is 10.4 Å². The van der Waals surface area contributed by atoms with Gasteiger partial charge in [-0.15, -0.1) is 22.7 Å². The zero-order valence-corrected chi connectivity index (χ0v) is 15.5. The fourth-order valence-electron chi connectivity index (χ4n) is 2.54. The fraction of sp³-hybridized carbons (Fsp3) is 0.105. The van der Waals surface area contributed by atoms with Crippen LogP contribution in [0.3, 0.4) is 0 Å². The van der Waals surface area contributed by atoms with Crippen molar-refractivity contribution in [3.63, 3.8) is 0 Å². The molecule has 0 aliphatic carbocycles. The van der Waals surface area contributed by atoms with Crippen LogP contribution in [0.1, 0.15) is 15.6 Å². The van der Waals surface area contributed by atoms with Gasteiger partial charge in [-0.25, -0.2) is 9.97 Å². The molecule has 0 saturated carbocycles. The second kappa shape index (κ2) is 6.74. The van der Waals surface area contributed by atoms with E-state index >= 15 is 0 Å². The van der Waals surface area contributed by atoms with Crippen LogP contribution in [-0.4, -0.2) is 16.2 Å². The van der Waals surface area contributed by atoms with Gasteiger partial charge in [-0.3, -0.25) is 5.43 Å². The Kier molecular flexibility index (Phi) is 4.29. The first-order chi connectivity index (χ1) is 12.2. The molecular weight excluding hydrogens is 348 g/mol. The Morgan fingerprint density at radius 1 is 1.00 bits per heavy atom. The molecule has 0 radical (unpaired) electrons. The molecule has 0 aliphatic rings. The first kappa shape index (κ1) is 15.9. The van der Waals surface area contributed by atoms with Gasteiger partial charge in [0.1, 0.15) is 10.7 Å². The Morgan fingerprint density at radius 3 is 2.60 bits per heavy atom. The number of fused-ring (bicyclic) bond motifs is 1. The number of nitrogens with one attached hydrogen (secondary N) is 1. The van der Waals surface area contributed by atoms with Crippen LogP contribution >= 0.6 is 22.7 Å². The summed E-state index contributed by atoms with van der Waals surface area (Å²) in [5.74, 6) is 1.48. The van der Waals surface area contributed by atoms with Crippen LogP contribution in [0.15, 0.2) is 53.6 Å². The summed E-state index contributed by atoms with van der Waals surface area (Å²) < 4.78 is 0. The summed E-state index contributed by atoms with van der Waals surface area (Å²) in [6.07, 6.45) is 1.82. The van der Waals surface area contributed by atoms with Gasteiger partial charge < -0.3 is 0 Å². The second-order valence-electron chi connectivity index (χ2n) is 5.63. The van der Waals surface area contributed by atoms with Gasteiger partial charge in [-0.2, -0.15) is 5.10 Å². The van der Waals surface area contributed by atoms with Gasteiger partial charge in [0.15, 0.2) is 5.82 Å². The molecule has 4 aromatic rings. The van der Waals surface area contributed by atoms with Crippen LogP contribution in [0.5, 0.6) is 0 Å². The molecule has 0 bridgehead atoms. The van der Waals surface area contributed by atoms with Crippen molar-refractivity contribution in [3.05, 3.63) is 64.1 Å². The first-order valence-electron chi connectivity index (χ1n) is 7.88. The van der Waals surface area contributed by atoms with Crippen LogP contribution in [0.2, 0.25) is 0 Å². The lowest BCUT2D eigenvalue weighted by atomic mass is 10.2. The number of benzene rings is 1. The minimum atomic E-state index is 0.735. The maximum Gasteiger partial charge on any atom is 0.158 e. The molecule has 0 amide bonds. The maximum absolute atomic E-state index is 4.57. The van der Waals surface area contributed by atoms with E-state index in [1.165, 1.54) is 15.3 Å². The fourth-order valence-corrected chi connectivity index (χ4v) is 4.37. The van der Waals surface area contributed by atoms with Crippen LogP contribution in [0.4, 0.5) is 5.82 Å². The second-order valence-corrected chi connectivity index (χ2v) is 7.98. The highest BCUT2D eigenvalue weighted by Gasteiger charge is 2.11. The predicted octanol–water partition coefficient (Wildman–Crippen LogP) is 5.48. The molecule has 6 heteroatoms. The van der Waals surface area contributed by atoms with Crippen LogP contribution < -0.4 is 5.43 Å². The molecule has 0 unspecified atom stereocenters. The summed E-state index contributed by atoms with van der Waals surface area (Å²) in [4.78, 5) is 13.6. The van der Waals surface area contributed by atoms with E-state index in [2.05, 4.69) is 57.8 Å². The van der Waals surface area contributed by atoms with E-state index in [0.29, 0.717) is 0 Å². The molecule has 0 spiro atoms. The molecule has 124 valence electrons. The molecule has 25 heavy (non-hydrogen) atoms. The minimum absolute atomic E-state index is 0.735. The Morgan fingerprint density at radius 2 is 1.84 bits per heavy atom. The number of hydrogen-bond donors (Lipinski definition) is 1. The molecule has 1 N–H and O–H groups in total.